The van der Waals surface area contributed by atoms with Crippen LogP contribution in [0, 0.1) is 13.8 Å². The molecule has 0 aliphatic rings. The van der Waals surface area contributed by atoms with Gasteiger partial charge >= 0.3 is 5.97 Å². The molecule has 4 heteroatoms. The summed E-state index contributed by atoms with van der Waals surface area (Å²) >= 11 is 0. The molecule has 1 rings (SSSR count). The van der Waals surface area contributed by atoms with Gasteiger partial charge in [0.1, 0.15) is 17.9 Å². The van der Waals surface area contributed by atoms with Crippen molar-refractivity contribution >= 4 is 5.97 Å². The summed E-state index contributed by atoms with van der Waals surface area (Å²) in [4.78, 5) is 12.2. The van der Waals surface area contributed by atoms with E-state index in [2.05, 4.69) is 12.2 Å². The first-order valence-electron chi connectivity index (χ1n) is 7.55. The first-order chi connectivity index (χ1) is 9.92. The summed E-state index contributed by atoms with van der Waals surface area (Å²) in [6.45, 7) is 11.1. The number of benzene rings is 1. The van der Waals surface area contributed by atoms with Gasteiger partial charge in [-0.15, -0.1) is 0 Å². The maximum absolute atomic E-state index is 12.2. The van der Waals surface area contributed by atoms with Crippen LogP contribution in [-0.4, -0.2) is 31.3 Å². The molecule has 118 valence electrons. The van der Waals surface area contributed by atoms with Gasteiger partial charge in [0.15, 0.2) is 0 Å². The number of hydrogen-bond acceptors (Lipinski definition) is 4. The monoisotopic (exact) mass is 293 g/mol. The molecule has 1 unspecified atom stereocenters. The Hall–Kier alpha value is -1.55. The van der Waals surface area contributed by atoms with Crippen molar-refractivity contribution in [2.24, 2.45) is 0 Å². The van der Waals surface area contributed by atoms with Gasteiger partial charge in [-0.3, -0.25) is 5.32 Å². The molecular weight excluding hydrogens is 266 g/mol. The molecule has 0 aliphatic heterocycles. The summed E-state index contributed by atoms with van der Waals surface area (Å²) in [6, 6.07) is 6.05. The van der Waals surface area contributed by atoms with E-state index in [1.807, 2.05) is 45.9 Å². The van der Waals surface area contributed by atoms with Crippen LogP contribution in [0.4, 0.5) is 0 Å². The topological polar surface area (TPSA) is 47.6 Å². The molecule has 0 aromatic heterocycles. The lowest BCUT2D eigenvalue weighted by molar-refractivity contribution is -0.151. The van der Waals surface area contributed by atoms with Crippen LogP contribution in [0.1, 0.15) is 38.3 Å². The zero-order valence-electron chi connectivity index (χ0n) is 13.8. The molecule has 1 N–H and O–H groups in total. The minimum atomic E-state index is -0.831. The quantitative estimate of drug-likeness (QED) is 0.749. The third-order valence-electron chi connectivity index (χ3n) is 3.35. The second-order valence-corrected chi connectivity index (χ2v) is 5.54. The lowest BCUT2D eigenvalue weighted by Gasteiger charge is -2.28. The molecule has 0 spiro atoms. The third-order valence-corrected chi connectivity index (χ3v) is 3.35. The van der Waals surface area contributed by atoms with Gasteiger partial charge in [-0.05, 0) is 57.9 Å². The molecule has 0 saturated heterocycles. The first kappa shape index (κ1) is 17.5. The fraction of sp³-hybridized carbons (Fsp3) is 0.588. The summed E-state index contributed by atoms with van der Waals surface area (Å²) < 4.78 is 11.0. The summed E-state index contributed by atoms with van der Waals surface area (Å²) in [6.07, 6.45) is 0.943. The van der Waals surface area contributed by atoms with E-state index in [4.69, 9.17) is 9.47 Å². The number of nitrogens with one attached hydrogen (secondary N) is 1. The molecule has 1 atom stereocenters. The molecule has 0 saturated carbocycles. The van der Waals surface area contributed by atoms with E-state index >= 15 is 0 Å². The van der Waals surface area contributed by atoms with Crippen molar-refractivity contribution in [3.8, 4) is 5.75 Å². The number of carbonyl (C=O) groups excluding carboxylic acids is 1. The van der Waals surface area contributed by atoms with Crippen molar-refractivity contribution in [2.75, 3.05) is 19.8 Å². The highest BCUT2D eigenvalue weighted by atomic mass is 16.5. The van der Waals surface area contributed by atoms with Crippen molar-refractivity contribution in [2.45, 2.75) is 46.6 Å². The van der Waals surface area contributed by atoms with Crippen LogP contribution in [0.5, 0.6) is 5.75 Å². The van der Waals surface area contributed by atoms with Crippen LogP contribution in [0.3, 0.4) is 0 Å². The van der Waals surface area contributed by atoms with Crippen LogP contribution in [-0.2, 0) is 9.53 Å². The minimum absolute atomic E-state index is 0.246. The Bertz CT molecular complexity index is 473. The van der Waals surface area contributed by atoms with Gasteiger partial charge in [-0.25, -0.2) is 4.79 Å². The Labute approximate surface area is 127 Å². The number of esters is 1. The Kier molecular flexibility index (Phi) is 6.69. The smallest absolute Gasteiger partial charge is 0.329 e. The van der Waals surface area contributed by atoms with E-state index in [0.29, 0.717) is 6.61 Å². The minimum Gasteiger partial charge on any atom is -0.491 e. The Morgan fingerprint density at radius 3 is 2.62 bits per heavy atom. The van der Waals surface area contributed by atoms with Crippen molar-refractivity contribution in [1.82, 2.24) is 5.32 Å². The van der Waals surface area contributed by atoms with Gasteiger partial charge in [0.25, 0.3) is 0 Å². The number of hydrogen-bond donors (Lipinski definition) is 1. The van der Waals surface area contributed by atoms with Crippen molar-refractivity contribution in [3.63, 3.8) is 0 Å². The zero-order chi connectivity index (χ0) is 15.9. The Morgan fingerprint density at radius 2 is 2.00 bits per heavy atom. The number of aryl methyl sites for hydroxylation is 2. The average Bonchev–Trinajstić information content (AvgIpc) is 2.46. The highest BCUT2D eigenvalue weighted by molar-refractivity contribution is 5.80. The molecule has 21 heavy (non-hydrogen) atoms. The summed E-state index contributed by atoms with van der Waals surface area (Å²) in [5.74, 6) is 0.535. The Balaban J connectivity index is 2.81. The third kappa shape index (κ3) is 5.05. The van der Waals surface area contributed by atoms with E-state index in [1.165, 1.54) is 0 Å². The molecule has 0 bridgehead atoms. The highest BCUT2D eigenvalue weighted by Crippen LogP contribution is 2.21. The van der Waals surface area contributed by atoms with Crippen molar-refractivity contribution < 1.29 is 14.3 Å². The maximum Gasteiger partial charge on any atom is 0.329 e. The predicted octanol–water partition coefficient (Wildman–Crippen LogP) is 3.00. The lowest BCUT2D eigenvalue weighted by atomic mass is 10.0. The molecule has 0 radical (unpaired) electrons. The van der Waals surface area contributed by atoms with Gasteiger partial charge in [-0.2, -0.15) is 0 Å². The van der Waals surface area contributed by atoms with E-state index in [0.717, 1.165) is 29.8 Å². The van der Waals surface area contributed by atoms with E-state index < -0.39 is 5.54 Å². The second kappa shape index (κ2) is 8.03. The van der Waals surface area contributed by atoms with Crippen LogP contribution in [0.25, 0.3) is 0 Å². The fourth-order valence-electron chi connectivity index (χ4n) is 1.96. The van der Waals surface area contributed by atoms with Crippen LogP contribution >= 0.6 is 0 Å². The second-order valence-electron chi connectivity index (χ2n) is 5.54. The SMILES string of the molecule is CCCNC(C)(COc1cc(C)ccc1C)C(=O)OCC. The molecule has 4 nitrogen and oxygen atoms in total. The number of carbonyl (C=O) groups is 1. The predicted molar refractivity (Wildman–Crippen MR) is 84.7 cm³/mol. The standard InChI is InChI=1S/C17H27NO3/c1-6-10-18-17(5,16(19)20-7-2)12-21-15-11-13(3)8-9-14(15)4/h8-9,11,18H,6-7,10,12H2,1-5H3. The van der Waals surface area contributed by atoms with Crippen molar-refractivity contribution in [3.05, 3.63) is 29.3 Å². The normalized spacial score (nSPS) is 13.6. The van der Waals surface area contributed by atoms with E-state index in [9.17, 15) is 4.79 Å². The van der Waals surface area contributed by atoms with Gasteiger partial charge in [0.05, 0.1) is 6.61 Å². The van der Waals surface area contributed by atoms with E-state index in [1.54, 1.807) is 0 Å². The average molecular weight is 293 g/mol. The molecule has 0 aliphatic carbocycles. The van der Waals surface area contributed by atoms with Gasteiger partial charge in [0, 0.05) is 0 Å². The molecule has 0 heterocycles. The van der Waals surface area contributed by atoms with Gasteiger partial charge < -0.3 is 9.47 Å². The molecule has 0 amide bonds. The molecule has 0 fully saturated rings. The van der Waals surface area contributed by atoms with Crippen LogP contribution < -0.4 is 10.1 Å². The van der Waals surface area contributed by atoms with Crippen LogP contribution in [0.15, 0.2) is 18.2 Å². The van der Waals surface area contributed by atoms with Crippen LogP contribution in [0.2, 0.25) is 0 Å². The van der Waals surface area contributed by atoms with Crippen molar-refractivity contribution in [1.29, 1.82) is 0 Å². The molecular formula is C17H27NO3. The summed E-state index contributed by atoms with van der Waals surface area (Å²) in [5, 5.41) is 3.24. The summed E-state index contributed by atoms with van der Waals surface area (Å²) in [5.41, 5.74) is 1.36. The first-order valence-corrected chi connectivity index (χ1v) is 7.55. The van der Waals surface area contributed by atoms with Gasteiger partial charge in [0.2, 0.25) is 0 Å². The lowest BCUT2D eigenvalue weighted by Crippen LogP contribution is -2.55. The Morgan fingerprint density at radius 1 is 1.29 bits per heavy atom. The maximum atomic E-state index is 12.2. The summed E-state index contributed by atoms with van der Waals surface area (Å²) in [7, 11) is 0. The van der Waals surface area contributed by atoms with E-state index in [-0.39, 0.29) is 12.6 Å². The largest absolute Gasteiger partial charge is 0.491 e. The molecule has 1 aromatic rings. The highest BCUT2D eigenvalue weighted by Gasteiger charge is 2.35. The fourth-order valence-corrected chi connectivity index (χ4v) is 1.96. The number of ether oxygens (including phenoxy) is 2. The van der Waals surface area contributed by atoms with Gasteiger partial charge in [-0.1, -0.05) is 19.1 Å². The zero-order valence-corrected chi connectivity index (χ0v) is 13.8. The molecule has 1 aromatic carbocycles. The number of rotatable bonds is 8.